The third-order valence-electron chi connectivity index (χ3n) is 2.83. The Kier molecular flexibility index (Phi) is 3.18. The number of nitrogens with zero attached hydrogens (tertiary/aromatic N) is 1. The molecule has 2 rings (SSSR count). The molecule has 0 aliphatic carbocycles. The van der Waals surface area contributed by atoms with Gasteiger partial charge in [0, 0.05) is 26.4 Å². The van der Waals surface area contributed by atoms with Gasteiger partial charge in [-0.15, -0.1) is 0 Å². The van der Waals surface area contributed by atoms with Gasteiger partial charge in [-0.25, -0.2) is 0 Å². The van der Waals surface area contributed by atoms with Crippen LogP contribution in [0.15, 0.2) is 18.3 Å². The monoisotopic (exact) mass is 208 g/mol. The summed E-state index contributed by atoms with van der Waals surface area (Å²) in [4.78, 5) is 16.8. The van der Waals surface area contributed by atoms with Gasteiger partial charge >= 0.3 is 0 Å². The van der Waals surface area contributed by atoms with Gasteiger partial charge in [-0.1, -0.05) is 0 Å². The summed E-state index contributed by atoms with van der Waals surface area (Å²) in [6.07, 6.45) is 3.09. The number of ether oxygens (including phenoxy) is 1. The van der Waals surface area contributed by atoms with Crippen molar-refractivity contribution in [2.75, 3.05) is 26.7 Å². The second-order valence-electron chi connectivity index (χ2n) is 3.89. The Balaban J connectivity index is 1.86. The van der Waals surface area contributed by atoms with E-state index in [2.05, 4.69) is 9.88 Å². The fourth-order valence-electron chi connectivity index (χ4n) is 1.93. The summed E-state index contributed by atoms with van der Waals surface area (Å²) in [6.45, 7) is 2.30. The molecule has 1 aromatic heterocycles. The molecule has 0 saturated carbocycles. The number of carbonyl (C=O) groups excluding carboxylic acids is 1. The minimum atomic E-state index is 0.150. The quantitative estimate of drug-likeness (QED) is 0.748. The number of carbonyl (C=O) groups is 1. The van der Waals surface area contributed by atoms with Crippen molar-refractivity contribution in [3.8, 4) is 0 Å². The number of rotatable bonds is 4. The summed E-state index contributed by atoms with van der Waals surface area (Å²) in [5, 5.41) is 0. The SMILES string of the molecule is COC1CCN(CC(=O)c2ccc[nH]2)C1. The van der Waals surface area contributed by atoms with Crippen LogP contribution in [-0.2, 0) is 4.74 Å². The summed E-state index contributed by atoms with van der Waals surface area (Å²) < 4.78 is 5.25. The van der Waals surface area contributed by atoms with Gasteiger partial charge < -0.3 is 9.72 Å². The van der Waals surface area contributed by atoms with Crippen LogP contribution in [0.2, 0.25) is 0 Å². The van der Waals surface area contributed by atoms with Crippen LogP contribution in [0.4, 0.5) is 0 Å². The molecule has 0 amide bonds. The highest BCUT2D eigenvalue weighted by molar-refractivity contribution is 5.95. The number of H-pyrrole nitrogens is 1. The maximum absolute atomic E-state index is 11.7. The van der Waals surface area contributed by atoms with E-state index >= 15 is 0 Å². The van der Waals surface area contributed by atoms with Gasteiger partial charge in [0.1, 0.15) is 0 Å². The van der Waals surface area contributed by atoms with E-state index in [1.807, 2.05) is 12.1 Å². The van der Waals surface area contributed by atoms with E-state index in [1.54, 1.807) is 13.3 Å². The lowest BCUT2D eigenvalue weighted by Gasteiger charge is -2.13. The second kappa shape index (κ2) is 4.59. The zero-order chi connectivity index (χ0) is 10.7. The summed E-state index contributed by atoms with van der Waals surface area (Å²) in [5.41, 5.74) is 0.691. The molecule has 4 heteroatoms. The van der Waals surface area contributed by atoms with Crippen LogP contribution >= 0.6 is 0 Å². The van der Waals surface area contributed by atoms with Gasteiger partial charge in [0.05, 0.1) is 18.3 Å². The Morgan fingerprint density at radius 2 is 2.60 bits per heavy atom. The van der Waals surface area contributed by atoms with Crippen LogP contribution in [-0.4, -0.2) is 48.5 Å². The Morgan fingerprint density at radius 1 is 1.73 bits per heavy atom. The van der Waals surface area contributed by atoms with Gasteiger partial charge in [-0.2, -0.15) is 0 Å². The molecule has 15 heavy (non-hydrogen) atoms. The lowest BCUT2D eigenvalue weighted by Crippen LogP contribution is -2.29. The first-order chi connectivity index (χ1) is 7.29. The first-order valence-electron chi connectivity index (χ1n) is 5.21. The van der Waals surface area contributed by atoms with Crippen molar-refractivity contribution in [1.29, 1.82) is 0 Å². The number of likely N-dealkylation sites (tertiary alicyclic amines) is 1. The molecule has 1 aromatic rings. The maximum Gasteiger partial charge on any atom is 0.192 e. The fraction of sp³-hybridized carbons (Fsp3) is 0.545. The number of nitrogens with one attached hydrogen (secondary N) is 1. The van der Waals surface area contributed by atoms with Crippen LogP contribution in [0.25, 0.3) is 0 Å². The van der Waals surface area contributed by atoms with E-state index in [-0.39, 0.29) is 5.78 Å². The van der Waals surface area contributed by atoms with Crippen molar-refractivity contribution in [2.24, 2.45) is 0 Å². The fourth-order valence-corrected chi connectivity index (χ4v) is 1.93. The minimum absolute atomic E-state index is 0.150. The number of aromatic nitrogens is 1. The number of hydrogen-bond donors (Lipinski definition) is 1. The van der Waals surface area contributed by atoms with Gasteiger partial charge in [-0.05, 0) is 18.6 Å². The highest BCUT2D eigenvalue weighted by atomic mass is 16.5. The van der Waals surface area contributed by atoms with Crippen molar-refractivity contribution < 1.29 is 9.53 Å². The van der Waals surface area contributed by atoms with Gasteiger partial charge in [-0.3, -0.25) is 9.69 Å². The third-order valence-corrected chi connectivity index (χ3v) is 2.83. The average Bonchev–Trinajstić information content (AvgIpc) is 2.87. The van der Waals surface area contributed by atoms with E-state index in [1.165, 1.54) is 0 Å². The number of Topliss-reactive ketones (excluding diaryl/α,β-unsaturated/α-hetero) is 1. The number of methoxy groups -OCH3 is 1. The van der Waals surface area contributed by atoms with E-state index in [0.717, 1.165) is 19.5 Å². The highest BCUT2D eigenvalue weighted by Gasteiger charge is 2.23. The molecule has 82 valence electrons. The Morgan fingerprint density at radius 3 is 3.20 bits per heavy atom. The molecule has 1 aliphatic rings. The Labute approximate surface area is 89.2 Å². The third kappa shape index (κ3) is 2.46. The standard InChI is InChI=1S/C11H16N2O2/c1-15-9-4-6-13(7-9)8-11(14)10-3-2-5-12-10/h2-3,5,9,12H,4,6-8H2,1H3. The van der Waals surface area contributed by atoms with Crippen LogP contribution in [0.3, 0.4) is 0 Å². The second-order valence-corrected chi connectivity index (χ2v) is 3.89. The zero-order valence-electron chi connectivity index (χ0n) is 8.90. The summed E-state index contributed by atoms with van der Waals surface area (Å²) in [6, 6.07) is 3.65. The molecule has 1 N–H and O–H groups in total. The molecule has 1 saturated heterocycles. The summed E-state index contributed by atoms with van der Waals surface area (Å²) in [7, 11) is 1.72. The normalized spacial score (nSPS) is 22.1. The van der Waals surface area contributed by atoms with Crippen molar-refractivity contribution in [3.05, 3.63) is 24.0 Å². The number of aromatic amines is 1. The number of hydrogen-bond acceptors (Lipinski definition) is 3. The molecular weight excluding hydrogens is 192 g/mol. The molecular formula is C11H16N2O2. The van der Waals surface area contributed by atoms with Crippen LogP contribution in [0.1, 0.15) is 16.9 Å². The molecule has 1 unspecified atom stereocenters. The molecule has 0 aromatic carbocycles. The largest absolute Gasteiger partial charge is 0.380 e. The smallest absolute Gasteiger partial charge is 0.192 e. The van der Waals surface area contributed by atoms with Crippen LogP contribution < -0.4 is 0 Å². The first kappa shape index (κ1) is 10.4. The van der Waals surface area contributed by atoms with Crippen molar-refractivity contribution in [1.82, 2.24) is 9.88 Å². The molecule has 4 nitrogen and oxygen atoms in total. The first-order valence-corrected chi connectivity index (χ1v) is 5.21. The minimum Gasteiger partial charge on any atom is -0.380 e. The highest BCUT2D eigenvalue weighted by Crippen LogP contribution is 2.12. The number of ketones is 1. The van der Waals surface area contributed by atoms with E-state index < -0.39 is 0 Å². The summed E-state index contributed by atoms with van der Waals surface area (Å²) in [5.74, 6) is 0.150. The Bertz CT molecular complexity index is 321. The van der Waals surface area contributed by atoms with Crippen molar-refractivity contribution >= 4 is 5.78 Å². The van der Waals surface area contributed by atoms with Gasteiger partial charge in [0.15, 0.2) is 5.78 Å². The molecule has 1 atom stereocenters. The molecule has 0 bridgehead atoms. The van der Waals surface area contributed by atoms with Crippen molar-refractivity contribution in [3.63, 3.8) is 0 Å². The summed E-state index contributed by atoms with van der Waals surface area (Å²) >= 11 is 0. The molecule has 0 spiro atoms. The zero-order valence-corrected chi connectivity index (χ0v) is 8.90. The molecule has 1 aliphatic heterocycles. The lowest BCUT2D eigenvalue weighted by molar-refractivity contribution is 0.0895. The lowest BCUT2D eigenvalue weighted by atomic mass is 10.3. The van der Waals surface area contributed by atoms with E-state index in [9.17, 15) is 4.79 Å². The predicted octanol–water partition coefficient (Wildman–Crippen LogP) is 0.918. The topological polar surface area (TPSA) is 45.3 Å². The van der Waals surface area contributed by atoms with Crippen LogP contribution in [0.5, 0.6) is 0 Å². The maximum atomic E-state index is 11.7. The average molecular weight is 208 g/mol. The van der Waals surface area contributed by atoms with E-state index in [0.29, 0.717) is 18.3 Å². The van der Waals surface area contributed by atoms with Crippen molar-refractivity contribution in [2.45, 2.75) is 12.5 Å². The molecule has 0 radical (unpaired) electrons. The predicted molar refractivity (Wildman–Crippen MR) is 57.0 cm³/mol. The van der Waals surface area contributed by atoms with Gasteiger partial charge in [0.2, 0.25) is 0 Å². The molecule has 1 fully saturated rings. The molecule has 2 heterocycles. The van der Waals surface area contributed by atoms with E-state index in [4.69, 9.17) is 4.74 Å². The van der Waals surface area contributed by atoms with Crippen LogP contribution in [0, 0.1) is 0 Å². The Hall–Kier alpha value is -1.13. The van der Waals surface area contributed by atoms with Gasteiger partial charge in [0.25, 0.3) is 0 Å².